The number of anilines is 1. The van der Waals surface area contributed by atoms with Gasteiger partial charge in [0.15, 0.2) is 5.65 Å². The summed E-state index contributed by atoms with van der Waals surface area (Å²) in [5.41, 5.74) is 0.359. The maximum Gasteiger partial charge on any atom is 0.265 e. The Hall–Kier alpha value is -3.08. The molecule has 30 heavy (non-hydrogen) atoms. The average Bonchev–Trinajstić information content (AvgIpc) is 3.11. The SMILES string of the molecule is O=C(NC1CCCCC1)c1cnn2ccc(NS(=O)(=O)c3ccc(F)cc3F)nc12. The van der Waals surface area contributed by atoms with Gasteiger partial charge in [-0.15, -0.1) is 0 Å². The summed E-state index contributed by atoms with van der Waals surface area (Å²) in [4.78, 5) is 16.1. The van der Waals surface area contributed by atoms with Crippen molar-refractivity contribution in [2.75, 3.05) is 4.72 Å². The van der Waals surface area contributed by atoms with E-state index >= 15 is 0 Å². The molecule has 4 rings (SSSR count). The van der Waals surface area contributed by atoms with Crippen LogP contribution in [0.25, 0.3) is 5.65 Å². The third-order valence-electron chi connectivity index (χ3n) is 4.98. The highest BCUT2D eigenvalue weighted by Crippen LogP contribution is 2.21. The highest BCUT2D eigenvalue weighted by molar-refractivity contribution is 7.92. The Morgan fingerprint density at radius 2 is 1.90 bits per heavy atom. The molecule has 1 fully saturated rings. The zero-order chi connectivity index (χ0) is 21.3. The van der Waals surface area contributed by atoms with E-state index in [4.69, 9.17) is 0 Å². The Labute approximate surface area is 171 Å². The number of halogens is 2. The summed E-state index contributed by atoms with van der Waals surface area (Å²) < 4.78 is 55.4. The lowest BCUT2D eigenvalue weighted by Crippen LogP contribution is -2.36. The predicted molar refractivity (Wildman–Crippen MR) is 104 cm³/mol. The molecule has 0 spiro atoms. The van der Waals surface area contributed by atoms with Gasteiger partial charge < -0.3 is 5.32 Å². The smallest absolute Gasteiger partial charge is 0.265 e. The molecule has 3 aromatic rings. The molecule has 2 heterocycles. The van der Waals surface area contributed by atoms with Crippen LogP contribution in [-0.2, 0) is 10.0 Å². The van der Waals surface area contributed by atoms with E-state index in [1.165, 1.54) is 23.0 Å². The van der Waals surface area contributed by atoms with Crippen molar-refractivity contribution >= 4 is 27.4 Å². The molecule has 0 atom stereocenters. The molecular weight excluding hydrogens is 416 g/mol. The molecule has 0 unspecified atom stereocenters. The molecule has 1 saturated carbocycles. The highest BCUT2D eigenvalue weighted by atomic mass is 32.2. The summed E-state index contributed by atoms with van der Waals surface area (Å²) in [5.74, 6) is -2.58. The summed E-state index contributed by atoms with van der Waals surface area (Å²) in [7, 11) is -4.35. The number of hydrogen-bond acceptors (Lipinski definition) is 5. The standard InChI is InChI=1S/C19H19F2N5O3S/c20-12-6-7-16(15(21)10-12)30(28,29)25-17-8-9-26-18(24-17)14(11-22-26)19(27)23-13-4-2-1-3-5-13/h6-11,13H,1-5H2,(H,23,27)(H,24,25). The van der Waals surface area contributed by atoms with Crippen molar-refractivity contribution in [2.24, 2.45) is 0 Å². The van der Waals surface area contributed by atoms with Gasteiger partial charge in [0.1, 0.15) is 27.9 Å². The van der Waals surface area contributed by atoms with Gasteiger partial charge in [-0.2, -0.15) is 5.10 Å². The number of nitrogens with one attached hydrogen (secondary N) is 2. The Balaban J connectivity index is 1.60. The van der Waals surface area contributed by atoms with Crippen molar-refractivity contribution in [3.05, 3.63) is 53.9 Å². The molecule has 1 amide bonds. The first-order chi connectivity index (χ1) is 14.3. The zero-order valence-corrected chi connectivity index (χ0v) is 16.6. The molecule has 1 aliphatic carbocycles. The zero-order valence-electron chi connectivity index (χ0n) is 15.8. The Morgan fingerprint density at radius 1 is 1.13 bits per heavy atom. The molecule has 0 radical (unpaired) electrons. The average molecular weight is 435 g/mol. The van der Waals surface area contributed by atoms with Gasteiger partial charge in [-0.25, -0.2) is 26.7 Å². The van der Waals surface area contributed by atoms with E-state index in [1.807, 2.05) is 0 Å². The van der Waals surface area contributed by atoms with E-state index in [1.54, 1.807) is 0 Å². The Morgan fingerprint density at radius 3 is 2.63 bits per heavy atom. The first-order valence-corrected chi connectivity index (χ1v) is 10.9. The Kier molecular flexibility index (Phi) is 5.37. The summed E-state index contributed by atoms with van der Waals surface area (Å²) in [5, 5.41) is 7.03. The predicted octanol–water partition coefficient (Wildman–Crippen LogP) is 2.87. The van der Waals surface area contributed by atoms with Gasteiger partial charge in [-0.05, 0) is 31.0 Å². The van der Waals surface area contributed by atoms with Gasteiger partial charge in [0, 0.05) is 18.3 Å². The van der Waals surface area contributed by atoms with Crippen LogP contribution in [0.5, 0.6) is 0 Å². The van der Waals surface area contributed by atoms with Crippen LogP contribution >= 0.6 is 0 Å². The second-order valence-electron chi connectivity index (χ2n) is 7.13. The minimum atomic E-state index is -4.35. The fraction of sp³-hybridized carbons (Fsp3) is 0.316. The van der Waals surface area contributed by atoms with Gasteiger partial charge in [0.05, 0.1) is 6.20 Å². The molecule has 1 aliphatic rings. The van der Waals surface area contributed by atoms with Crippen LogP contribution in [0, 0.1) is 11.6 Å². The van der Waals surface area contributed by atoms with Crippen LogP contribution in [0.15, 0.2) is 41.6 Å². The summed E-state index contributed by atoms with van der Waals surface area (Å²) in [6.45, 7) is 0. The maximum absolute atomic E-state index is 13.9. The number of carbonyl (C=O) groups excluding carboxylic acids is 1. The second-order valence-corrected chi connectivity index (χ2v) is 8.78. The molecule has 8 nitrogen and oxygen atoms in total. The topological polar surface area (TPSA) is 105 Å². The van der Waals surface area contributed by atoms with Crippen molar-refractivity contribution in [1.29, 1.82) is 0 Å². The van der Waals surface area contributed by atoms with Crippen LogP contribution in [0.3, 0.4) is 0 Å². The van der Waals surface area contributed by atoms with Crippen LogP contribution in [0.1, 0.15) is 42.5 Å². The van der Waals surface area contributed by atoms with E-state index in [2.05, 4.69) is 20.1 Å². The normalized spacial score (nSPS) is 15.3. The summed E-state index contributed by atoms with van der Waals surface area (Å²) in [6.07, 6.45) is 7.88. The fourth-order valence-corrected chi connectivity index (χ4v) is 4.54. The van der Waals surface area contributed by atoms with Crippen molar-refractivity contribution in [1.82, 2.24) is 19.9 Å². The molecule has 2 aromatic heterocycles. The summed E-state index contributed by atoms with van der Waals surface area (Å²) >= 11 is 0. The van der Waals surface area contributed by atoms with E-state index < -0.39 is 26.6 Å². The fourth-order valence-electron chi connectivity index (χ4n) is 3.48. The number of aromatic nitrogens is 3. The lowest BCUT2D eigenvalue weighted by molar-refractivity contribution is 0.0929. The number of amides is 1. The third kappa shape index (κ3) is 4.11. The lowest BCUT2D eigenvalue weighted by atomic mass is 9.95. The molecule has 0 bridgehead atoms. The minimum Gasteiger partial charge on any atom is -0.349 e. The molecule has 0 aliphatic heterocycles. The van der Waals surface area contributed by atoms with Crippen LogP contribution in [0.2, 0.25) is 0 Å². The molecule has 1 aromatic carbocycles. The first-order valence-electron chi connectivity index (χ1n) is 9.46. The number of carbonyl (C=O) groups is 1. The maximum atomic E-state index is 13.9. The van der Waals surface area contributed by atoms with Crippen molar-refractivity contribution in [2.45, 2.75) is 43.0 Å². The first kappa shape index (κ1) is 20.2. The van der Waals surface area contributed by atoms with Crippen LogP contribution < -0.4 is 10.0 Å². The number of hydrogen-bond donors (Lipinski definition) is 2. The van der Waals surface area contributed by atoms with Crippen LogP contribution in [0.4, 0.5) is 14.6 Å². The van der Waals surface area contributed by atoms with Crippen molar-refractivity contribution < 1.29 is 22.0 Å². The molecule has 11 heteroatoms. The number of fused-ring (bicyclic) bond motifs is 1. The molecule has 2 N–H and O–H groups in total. The minimum absolute atomic E-state index is 0.0873. The van der Waals surface area contributed by atoms with E-state index in [-0.39, 0.29) is 29.0 Å². The van der Waals surface area contributed by atoms with Gasteiger partial charge in [-0.1, -0.05) is 19.3 Å². The third-order valence-corrected chi connectivity index (χ3v) is 6.36. The summed E-state index contributed by atoms with van der Waals surface area (Å²) in [6, 6.07) is 3.56. The number of nitrogens with zero attached hydrogens (tertiary/aromatic N) is 3. The van der Waals surface area contributed by atoms with Crippen molar-refractivity contribution in [3.8, 4) is 0 Å². The Bertz CT molecular complexity index is 1210. The molecule has 0 saturated heterocycles. The number of rotatable bonds is 5. The molecule has 158 valence electrons. The van der Waals surface area contributed by atoms with Gasteiger partial charge in [0.25, 0.3) is 15.9 Å². The van der Waals surface area contributed by atoms with Gasteiger partial charge >= 0.3 is 0 Å². The van der Waals surface area contributed by atoms with E-state index in [9.17, 15) is 22.0 Å². The van der Waals surface area contributed by atoms with Crippen molar-refractivity contribution in [3.63, 3.8) is 0 Å². The monoisotopic (exact) mass is 435 g/mol. The van der Waals surface area contributed by atoms with Gasteiger partial charge in [-0.3, -0.25) is 9.52 Å². The van der Waals surface area contributed by atoms with E-state index in [0.29, 0.717) is 6.07 Å². The number of sulfonamides is 1. The molecular formula is C19H19F2N5O3S. The largest absolute Gasteiger partial charge is 0.349 e. The number of benzene rings is 1. The quantitative estimate of drug-likeness (QED) is 0.641. The van der Waals surface area contributed by atoms with Crippen LogP contribution in [-0.4, -0.2) is 35.0 Å². The van der Waals surface area contributed by atoms with E-state index in [0.717, 1.165) is 44.2 Å². The lowest BCUT2D eigenvalue weighted by Gasteiger charge is -2.22. The second kappa shape index (κ2) is 7.98. The highest BCUT2D eigenvalue weighted by Gasteiger charge is 2.23. The van der Waals surface area contributed by atoms with Gasteiger partial charge in [0.2, 0.25) is 0 Å².